The summed E-state index contributed by atoms with van der Waals surface area (Å²) in [5.41, 5.74) is 7.86. The fraction of sp³-hybridized carbons (Fsp3) is 0.507. The van der Waals surface area contributed by atoms with Crippen LogP contribution in [0.25, 0.3) is 21.5 Å². The van der Waals surface area contributed by atoms with Crippen molar-refractivity contribution in [3.63, 3.8) is 0 Å². The Morgan fingerprint density at radius 2 is 1.22 bits per heavy atom. The third-order valence-corrected chi connectivity index (χ3v) is 20.3. The van der Waals surface area contributed by atoms with Gasteiger partial charge in [-0.25, -0.2) is 18.7 Å². The molecule has 6 atom stereocenters. The number of ketones is 1. The number of ether oxygens (including phenoxy) is 7. The number of Topliss-reactive ketones (excluding diaryl/α,β-unsaturated/α-hetero) is 1. The minimum absolute atomic E-state index is 0.0204. The molecule has 3 aliphatic rings. The van der Waals surface area contributed by atoms with Crippen molar-refractivity contribution in [2.24, 2.45) is 17.6 Å². The van der Waals surface area contributed by atoms with Crippen LogP contribution in [-0.4, -0.2) is 232 Å². The number of benzene rings is 5. The van der Waals surface area contributed by atoms with Crippen LogP contribution in [-0.2, 0) is 82.5 Å². The fourth-order valence-electron chi connectivity index (χ4n) is 12.6. The molecular formula is C71H92Cl2N8O23P2S. The van der Waals surface area contributed by atoms with Crippen LogP contribution in [0.15, 0.2) is 84.9 Å². The highest BCUT2D eigenvalue weighted by Gasteiger charge is 2.41. The lowest BCUT2D eigenvalue weighted by Gasteiger charge is -2.27. The highest BCUT2D eigenvalue weighted by Crippen LogP contribution is 2.50. The van der Waals surface area contributed by atoms with Crippen molar-refractivity contribution in [2.75, 3.05) is 158 Å². The fourth-order valence-corrected chi connectivity index (χ4v) is 14.7. The average molecular weight is 1590 g/mol. The van der Waals surface area contributed by atoms with Gasteiger partial charge >= 0.3 is 27.5 Å². The van der Waals surface area contributed by atoms with Gasteiger partial charge in [-0.05, 0) is 82.8 Å². The maximum absolute atomic E-state index is 14.8. The maximum atomic E-state index is 14.8. The first kappa shape index (κ1) is 85.1. The molecule has 36 heteroatoms. The molecule has 8 N–H and O–H groups in total. The summed E-state index contributed by atoms with van der Waals surface area (Å²) in [6.45, 7) is 6.45. The molecule has 3 aliphatic heterocycles. The van der Waals surface area contributed by atoms with E-state index in [0.717, 1.165) is 11.6 Å². The number of hydrogen-bond acceptors (Lipinski definition) is 21. The summed E-state index contributed by atoms with van der Waals surface area (Å²) in [5, 5.41) is 9.74. The van der Waals surface area contributed by atoms with Gasteiger partial charge in [0.25, 0.3) is 0 Å². The number of fused-ring (bicyclic) bond motifs is 6. The van der Waals surface area contributed by atoms with E-state index in [1.54, 1.807) is 80.6 Å². The van der Waals surface area contributed by atoms with Crippen molar-refractivity contribution in [1.29, 1.82) is 0 Å². The zero-order valence-electron chi connectivity index (χ0n) is 59.9. The largest absolute Gasteiger partial charge is 0.524 e. The number of anilines is 3. The molecule has 3 heterocycles. The molecule has 0 radical (unpaired) electrons. The molecular weight excluding hydrogens is 1500 g/mol. The third-order valence-electron chi connectivity index (χ3n) is 17.7. The number of alkyl halides is 2. The van der Waals surface area contributed by atoms with Gasteiger partial charge in [0.05, 0.1) is 103 Å². The van der Waals surface area contributed by atoms with Gasteiger partial charge in [0, 0.05) is 103 Å². The molecule has 6 unspecified atom stereocenters. The molecule has 5 aromatic rings. The number of halogens is 2. The molecule has 5 aromatic carbocycles. The number of nitrogens with zero attached hydrogens (tertiary/aromatic N) is 4. The Morgan fingerprint density at radius 3 is 1.77 bits per heavy atom. The molecule has 0 aliphatic carbocycles. The first-order valence-electron chi connectivity index (χ1n) is 34.8. The van der Waals surface area contributed by atoms with Gasteiger partial charge in [-0.15, -0.1) is 23.2 Å². The smallest absolute Gasteiger partial charge is 0.445 e. The first-order chi connectivity index (χ1) is 51.2. The summed E-state index contributed by atoms with van der Waals surface area (Å²) in [7, 11) is -9.13. The molecule has 0 aromatic heterocycles. The van der Waals surface area contributed by atoms with E-state index in [4.69, 9.17) is 71.1 Å². The molecule has 8 rings (SSSR count). The molecule has 0 saturated carbocycles. The van der Waals surface area contributed by atoms with Gasteiger partial charge < -0.3 is 78.6 Å². The summed E-state index contributed by atoms with van der Waals surface area (Å²) < 4.78 is 74.2. The van der Waals surface area contributed by atoms with Crippen molar-refractivity contribution < 1.29 is 109 Å². The average Bonchev–Trinajstić information content (AvgIpc) is 1.63. The number of nitrogens with two attached hydrogens (primary N) is 1. The topological polar surface area (TPSA) is 407 Å². The number of rotatable bonds is 45. The van der Waals surface area contributed by atoms with Gasteiger partial charge in [0.1, 0.15) is 31.2 Å². The zero-order chi connectivity index (χ0) is 77.4. The Hall–Kier alpha value is -7.52. The first-order valence-corrected chi connectivity index (χ1v) is 40.7. The number of carbonyl (C=O) groups excluding carboxylic acids is 9. The van der Waals surface area contributed by atoms with Crippen LogP contribution in [0.2, 0.25) is 0 Å². The maximum Gasteiger partial charge on any atom is 0.524 e. The van der Waals surface area contributed by atoms with Crippen molar-refractivity contribution in [1.82, 2.24) is 20.4 Å². The Kier molecular flexibility index (Phi) is 32.9. The predicted molar refractivity (Wildman–Crippen MR) is 400 cm³/mol. The summed E-state index contributed by atoms with van der Waals surface area (Å²) in [4.78, 5) is 156. The van der Waals surface area contributed by atoms with E-state index < -0.39 is 100 Å². The van der Waals surface area contributed by atoms with E-state index in [-0.39, 0.29) is 137 Å². The highest BCUT2D eigenvalue weighted by atomic mass is 35.5. The normalized spacial score (nSPS) is 16.7. The van der Waals surface area contributed by atoms with Crippen molar-refractivity contribution in [3.05, 3.63) is 102 Å². The van der Waals surface area contributed by atoms with Crippen LogP contribution in [0.3, 0.4) is 0 Å². The standard InChI is InChI=1S/C71H92Cl2N8O23P2S/c1-45(2)67(77-61(83)20-23-96-25-27-98-29-31-100-33-34-101-32-30-99-28-26-97-24-22-79-62(84)37-60(107-4)69(79)88)57(82)35-47(9-8-21-75-70(74)89)68(87)76-50-16-14-46(15-17-50)44-102-71(90)78(42-63(85)80-40-48(38-72)65-54-12-7-13-58(103-105(3,91)92)52(54)18-19-55(65)80)43-64(86)81-41-49(39-73)66-53-11-6-5-10-51(53)59(36-56(66)81)104-106(93,94)95/h5-7,10-19,36,45,47-49,60,67H,8-9,20-35,37-44H2,1-4H3,(H,76,87)(H,77,83)(H,91,92)(H3,74,75,89)(H2,93,94,95). The van der Waals surface area contributed by atoms with Crippen LogP contribution in [0.4, 0.5) is 26.7 Å². The number of carbonyl (C=O) groups is 9. The molecule has 1 saturated heterocycles. The Morgan fingerprint density at radius 1 is 0.682 bits per heavy atom. The molecule has 9 amide bonds. The number of amides is 9. The summed E-state index contributed by atoms with van der Waals surface area (Å²) in [6.07, 6.45) is 0.987. The van der Waals surface area contributed by atoms with Gasteiger partial charge in [-0.3, -0.25) is 53.1 Å². The van der Waals surface area contributed by atoms with Gasteiger partial charge in [0.2, 0.25) is 35.4 Å². The molecule has 0 spiro atoms. The SMILES string of the molecule is CSC1CC(=O)N(CCOCCOCCOCCOCCOCCOCCC(=O)NC(C(=O)CC(CCCNC(N)=O)C(=O)Nc2ccc(COC(=O)N(CC(=O)N3CC(CCl)c4c3ccc3c(OP(C)(=O)O)cccc43)CC(=O)N3CC(CCl)c4c3cc(OP(=O)(O)O)c3ccccc43)cc2)C(C)C)C1=O. The Labute approximate surface area is 633 Å². The van der Waals surface area contributed by atoms with E-state index in [1.165, 1.54) is 44.7 Å². The van der Waals surface area contributed by atoms with Crippen LogP contribution in [0.1, 0.15) is 74.5 Å². The number of phosphoric ester groups is 1. The lowest BCUT2D eigenvalue weighted by Crippen LogP contribution is -2.48. The molecule has 107 heavy (non-hydrogen) atoms. The molecule has 1 fully saturated rings. The molecule has 0 bridgehead atoms. The number of phosphoric acid groups is 1. The molecule has 31 nitrogen and oxygen atoms in total. The van der Waals surface area contributed by atoms with E-state index in [1.807, 2.05) is 6.26 Å². The van der Waals surface area contributed by atoms with Crippen LogP contribution in [0, 0.1) is 11.8 Å². The monoisotopic (exact) mass is 1590 g/mol. The summed E-state index contributed by atoms with van der Waals surface area (Å²) >= 11 is 14.5. The second-order valence-corrected chi connectivity index (χ2v) is 30.4. The number of nitrogens with one attached hydrogen (secondary N) is 3. The van der Waals surface area contributed by atoms with Gasteiger partial charge in [-0.2, -0.15) is 11.8 Å². The van der Waals surface area contributed by atoms with Gasteiger partial charge in [-0.1, -0.05) is 62.4 Å². The van der Waals surface area contributed by atoms with Crippen LogP contribution in [0.5, 0.6) is 11.5 Å². The van der Waals surface area contributed by atoms with Crippen molar-refractivity contribution in [3.8, 4) is 11.5 Å². The third kappa shape index (κ3) is 25.0. The minimum Gasteiger partial charge on any atom is -0.445 e. The van der Waals surface area contributed by atoms with E-state index in [2.05, 4.69) is 16.0 Å². The van der Waals surface area contributed by atoms with Crippen LogP contribution < -0.4 is 40.5 Å². The number of likely N-dealkylation sites (tertiary alicyclic amines) is 1. The van der Waals surface area contributed by atoms with Gasteiger partial charge in [0.15, 0.2) is 5.78 Å². The highest BCUT2D eigenvalue weighted by molar-refractivity contribution is 8.00. The van der Waals surface area contributed by atoms with Crippen molar-refractivity contribution in [2.45, 2.75) is 75.7 Å². The Balaban J connectivity index is 0.821. The molecule has 584 valence electrons. The van der Waals surface area contributed by atoms with E-state index >= 15 is 0 Å². The number of imide groups is 1. The minimum atomic E-state index is -5.13. The second kappa shape index (κ2) is 41.3. The number of primary amides is 1. The lowest BCUT2D eigenvalue weighted by molar-refractivity contribution is -0.139. The van der Waals surface area contributed by atoms with E-state index in [9.17, 15) is 67.0 Å². The van der Waals surface area contributed by atoms with E-state index in [0.29, 0.717) is 102 Å². The van der Waals surface area contributed by atoms with Crippen molar-refractivity contribution >= 4 is 142 Å². The number of urea groups is 1. The summed E-state index contributed by atoms with van der Waals surface area (Å²) in [6, 6.07) is 20.6. The number of hydrogen-bond donors (Lipinski definition) is 7. The number of thioether (sulfide) groups is 1. The zero-order valence-corrected chi connectivity index (χ0v) is 64.0. The lowest BCUT2D eigenvalue weighted by atomic mass is 9.89. The Bertz CT molecular complexity index is 4040. The quantitative estimate of drug-likeness (QED) is 0.00862. The summed E-state index contributed by atoms with van der Waals surface area (Å²) in [5.74, 6) is -5.39. The second-order valence-electron chi connectivity index (χ2n) is 25.8. The predicted octanol–water partition coefficient (Wildman–Crippen LogP) is 7.42. The van der Waals surface area contributed by atoms with Crippen LogP contribution >= 0.6 is 50.4 Å².